The number of benzene rings is 1. The Balaban J connectivity index is 2.45. The maximum atomic E-state index is 5.71. The summed E-state index contributed by atoms with van der Waals surface area (Å²) in [5.74, 6) is 2.91. The van der Waals surface area contributed by atoms with E-state index >= 15 is 0 Å². The van der Waals surface area contributed by atoms with Crippen LogP contribution in [0.25, 0.3) is 0 Å². The van der Waals surface area contributed by atoms with Crippen LogP contribution in [0.2, 0.25) is 0 Å². The normalized spacial score (nSPS) is 12.9. The van der Waals surface area contributed by atoms with E-state index in [1.807, 2.05) is 24.3 Å². The summed E-state index contributed by atoms with van der Waals surface area (Å²) < 4.78 is 6.78. The van der Waals surface area contributed by atoms with Crippen LogP contribution < -0.4 is 4.74 Å². The van der Waals surface area contributed by atoms with Gasteiger partial charge in [0.25, 0.3) is 0 Å². The molecular formula is C12H17BrOS. The fourth-order valence-electron chi connectivity index (χ4n) is 1.19. The number of ether oxygens (including phenoxy) is 1. The topological polar surface area (TPSA) is 9.23 Å². The Hall–Kier alpha value is -0.150. The molecule has 0 saturated heterocycles. The molecule has 0 aromatic heterocycles. The van der Waals surface area contributed by atoms with Crippen LogP contribution in [0.1, 0.15) is 13.8 Å². The maximum absolute atomic E-state index is 5.71. The van der Waals surface area contributed by atoms with Gasteiger partial charge >= 0.3 is 0 Å². The third-order valence-corrected chi connectivity index (χ3v) is 3.45. The van der Waals surface area contributed by atoms with Gasteiger partial charge in [-0.3, -0.25) is 0 Å². The first-order valence-corrected chi connectivity index (χ1v) is 6.55. The second-order valence-corrected chi connectivity index (χ2v) is 5.23. The second-order valence-electron chi connectivity index (χ2n) is 3.95. The molecule has 84 valence electrons. The molecule has 0 N–H and O–H groups in total. The number of thiol groups is 1. The smallest absolute Gasteiger partial charge is 0.119 e. The summed E-state index contributed by atoms with van der Waals surface area (Å²) in [6.07, 6.45) is 0. The van der Waals surface area contributed by atoms with E-state index in [-0.39, 0.29) is 0 Å². The quantitative estimate of drug-likeness (QED) is 0.805. The molecule has 15 heavy (non-hydrogen) atoms. The predicted octanol–water partition coefficient (Wildman–Crippen LogP) is 4.03. The van der Waals surface area contributed by atoms with Gasteiger partial charge in [-0.2, -0.15) is 12.6 Å². The minimum absolute atomic E-state index is 0.511. The Morgan fingerprint density at radius 1 is 1.27 bits per heavy atom. The van der Waals surface area contributed by atoms with E-state index in [1.165, 1.54) is 0 Å². The zero-order chi connectivity index (χ0) is 11.3. The van der Waals surface area contributed by atoms with Gasteiger partial charge in [0, 0.05) is 10.4 Å². The lowest BCUT2D eigenvalue weighted by Gasteiger charge is -2.18. The average molecular weight is 289 g/mol. The molecule has 0 bridgehead atoms. The molecule has 0 fully saturated rings. The Morgan fingerprint density at radius 2 is 1.87 bits per heavy atom. The molecule has 1 aromatic rings. The molecule has 1 unspecified atom stereocenters. The summed E-state index contributed by atoms with van der Waals surface area (Å²) in [5, 5.41) is 0. The summed E-state index contributed by atoms with van der Waals surface area (Å²) in [5.41, 5.74) is 0. The Labute approximate surface area is 106 Å². The molecule has 0 amide bonds. The average Bonchev–Trinajstić information content (AvgIpc) is 2.21. The van der Waals surface area contributed by atoms with E-state index < -0.39 is 0 Å². The van der Waals surface area contributed by atoms with Crippen LogP contribution in [0.15, 0.2) is 28.7 Å². The van der Waals surface area contributed by atoms with Gasteiger partial charge in [0.1, 0.15) is 5.75 Å². The summed E-state index contributed by atoms with van der Waals surface area (Å²) in [6.45, 7) is 5.14. The highest BCUT2D eigenvalue weighted by Crippen LogP contribution is 2.19. The SMILES string of the molecule is CC(C)C(CS)COc1ccc(Br)cc1. The fourth-order valence-corrected chi connectivity index (χ4v) is 1.98. The third kappa shape index (κ3) is 4.47. The number of hydrogen-bond acceptors (Lipinski definition) is 2. The highest BCUT2D eigenvalue weighted by Gasteiger charge is 2.12. The van der Waals surface area contributed by atoms with Crippen molar-refractivity contribution in [2.75, 3.05) is 12.4 Å². The van der Waals surface area contributed by atoms with E-state index in [1.54, 1.807) is 0 Å². The maximum Gasteiger partial charge on any atom is 0.119 e. The van der Waals surface area contributed by atoms with E-state index in [4.69, 9.17) is 4.74 Å². The Bertz CT molecular complexity index is 284. The molecule has 0 aliphatic rings. The largest absolute Gasteiger partial charge is 0.493 e. The van der Waals surface area contributed by atoms with Gasteiger partial charge < -0.3 is 4.74 Å². The van der Waals surface area contributed by atoms with E-state index in [0.717, 1.165) is 22.6 Å². The highest BCUT2D eigenvalue weighted by atomic mass is 79.9. The standard InChI is InChI=1S/C12H17BrOS/c1-9(2)10(8-15)7-14-12-5-3-11(13)4-6-12/h3-6,9-10,15H,7-8H2,1-2H3. The molecule has 0 aliphatic carbocycles. The van der Waals surface area contributed by atoms with Crippen molar-refractivity contribution in [1.82, 2.24) is 0 Å². The summed E-state index contributed by atoms with van der Waals surface area (Å²) in [4.78, 5) is 0. The molecule has 0 heterocycles. The van der Waals surface area contributed by atoms with Crippen molar-refractivity contribution in [3.8, 4) is 5.75 Å². The first-order valence-electron chi connectivity index (χ1n) is 5.12. The molecule has 0 saturated carbocycles. The van der Waals surface area contributed by atoms with Crippen molar-refractivity contribution >= 4 is 28.6 Å². The van der Waals surface area contributed by atoms with Crippen molar-refractivity contribution in [3.05, 3.63) is 28.7 Å². The van der Waals surface area contributed by atoms with Crippen LogP contribution in [0, 0.1) is 11.8 Å². The van der Waals surface area contributed by atoms with E-state index in [0.29, 0.717) is 11.8 Å². The third-order valence-electron chi connectivity index (χ3n) is 2.46. The molecular weight excluding hydrogens is 272 g/mol. The first-order chi connectivity index (χ1) is 7.13. The first kappa shape index (κ1) is 12.9. The molecule has 1 aromatic carbocycles. The zero-order valence-corrected chi connectivity index (χ0v) is 11.6. The fraction of sp³-hybridized carbons (Fsp3) is 0.500. The summed E-state index contributed by atoms with van der Waals surface area (Å²) in [6, 6.07) is 7.92. The monoisotopic (exact) mass is 288 g/mol. The lowest BCUT2D eigenvalue weighted by atomic mass is 9.99. The van der Waals surface area contributed by atoms with Crippen molar-refractivity contribution in [1.29, 1.82) is 0 Å². The van der Waals surface area contributed by atoms with E-state index in [2.05, 4.69) is 42.4 Å². The van der Waals surface area contributed by atoms with Gasteiger partial charge in [0.2, 0.25) is 0 Å². The van der Waals surface area contributed by atoms with Gasteiger partial charge in [-0.15, -0.1) is 0 Å². The van der Waals surface area contributed by atoms with Crippen LogP contribution in [0.5, 0.6) is 5.75 Å². The summed E-state index contributed by atoms with van der Waals surface area (Å²) >= 11 is 7.72. The van der Waals surface area contributed by atoms with Crippen molar-refractivity contribution in [2.24, 2.45) is 11.8 Å². The lowest BCUT2D eigenvalue weighted by molar-refractivity contribution is 0.227. The van der Waals surface area contributed by atoms with Crippen molar-refractivity contribution in [3.63, 3.8) is 0 Å². The molecule has 0 aliphatic heterocycles. The molecule has 1 atom stereocenters. The zero-order valence-electron chi connectivity index (χ0n) is 9.11. The second kappa shape index (κ2) is 6.44. The van der Waals surface area contributed by atoms with Gasteiger partial charge in [0.15, 0.2) is 0 Å². The minimum Gasteiger partial charge on any atom is -0.493 e. The molecule has 1 nitrogen and oxygen atoms in total. The van der Waals surface area contributed by atoms with Gasteiger partial charge in [-0.05, 0) is 35.9 Å². The molecule has 0 spiro atoms. The van der Waals surface area contributed by atoms with Crippen LogP contribution in [0.4, 0.5) is 0 Å². The molecule has 3 heteroatoms. The lowest BCUT2D eigenvalue weighted by Crippen LogP contribution is -2.19. The van der Waals surface area contributed by atoms with Crippen LogP contribution in [-0.4, -0.2) is 12.4 Å². The Morgan fingerprint density at radius 3 is 2.33 bits per heavy atom. The van der Waals surface area contributed by atoms with Crippen LogP contribution in [0.3, 0.4) is 0 Å². The van der Waals surface area contributed by atoms with Gasteiger partial charge in [0.05, 0.1) is 6.61 Å². The van der Waals surface area contributed by atoms with Gasteiger partial charge in [-0.25, -0.2) is 0 Å². The highest BCUT2D eigenvalue weighted by molar-refractivity contribution is 9.10. The van der Waals surface area contributed by atoms with E-state index in [9.17, 15) is 0 Å². The number of rotatable bonds is 5. The van der Waals surface area contributed by atoms with Crippen molar-refractivity contribution < 1.29 is 4.74 Å². The van der Waals surface area contributed by atoms with Gasteiger partial charge in [-0.1, -0.05) is 29.8 Å². The van der Waals surface area contributed by atoms with Crippen LogP contribution >= 0.6 is 28.6 Å². The predicted molar refractivity (Wildman–Crippen MR) is 71.8 cm³/mol. The molecule has 1 rings (SSSR count). The summed E-state index contributed by atoms with van der Waals surface area (Å²) in [7, 11) is 0. The number of hydrogen-bond donors (Lipinski definition) is 1. The Kier molecular flexibility index (Phi) is 5.54. The minimum atomic E-state index is 0.511. The number of halogens is 1. The molecule has 0 radical (unpaired) electrons. The van der Waals surface area contributed by atoms with Crippen molar-refractivity contribution in [2.45, 2.75) is 13.8 Å². The van der Waals surface area contributed by atoms with Crippen LogP contribution in [-0.2, 0) is 0 Å².